The fourth-order valence-electron chi connectivity index (χ4n) is 2.97. The van der Waals surface area contributed by atoms with E-state index < -0.39 is 9.84 Å². The molecule has 1 aliphatic heterocycles. The molecule has 1 amide bonds. The summed E-state index contributed by atoms with van der Waals surface area (Å²) in [5, 5.41) is 2.79. The lowest BCUT2D eigenvalue weighted by Gasteiger charge is -2.13. The molecule has 0 saturated heterocycles. The van der Waals surface area contributed by atoms with Gasteiger partial charge in [0.05, 0.1) is 11.4 Å². The fraction of sp³-hybridized carbons (Fsp3) is 0.316. The number of sulfone groups is 1. The maximum absolute atomic E-state index is 11.6. The van der Waals surface area contributed by atoms with Crippen molar-refractivity contribution in [2.45, 2.75) is 17.4 Å². The molecule has 0 saturated carbocycles. The molecule has 0 bridgehead atoms. The molecule has 0 radical (unpaired) electrons. The largest absolute Gasteiger partial charge is 0.487 e. The van der Waals surface area contributed by atoms with Gasteiger partial charge in [0.2, 0.25) is 5.91 Å². The average Bonchev–Trinajstić information content (AvgIpc) is 3.02. The van der Waals surface area contributed by atoms with E-state index in [1.54, 1.807) is 24.3 Å². The normalized spacial score (nSPS) is 16.0. The molecular formula is C19H21NO5S. The monoisotopic (exact) mass is 375 g/mol. The van der Waals surface area contributed by atoms with Crippen LogP contribution in [0.15, 0.2) is 47.4 Å². The number of para-hydroxylation sites is 1. The zero-order valence-corrected chi connectivity index (χ0v) is 15.5. The second kappa shape index (κ2) is 7.47. The van der Waals surface area contributed by atoms with Gasteiger partial charge in [-0.15, -0.1) is 0 Å². The van der Waals surface area contributed by atoms with Gasteiger partial charge in [0.15, 0.2) is 9.84 Å². The summed E-state index contributed by atoms with van der Waals surface area (Å²) >= 11 is 0. The van der Waals surface area contributed by atoms with Gasteiger partial charge in [-0.05, 0) is 23.3 Å². The van der Waals surface area contributed by atoms with Gasteiger partial charge in [0.1, 0.15) is 18.5 Å². The Bertz CT molecular complexity index is 906. The molecule has 1 atom stereocenters. The highest BCUT2D eigenvalue weighted by Gasteiger charge is 2.26. The number of nitrogens with one attached hydrogen (secondary N) is 1. The number of hydrogen-bond acceptors (Lipinski definition) is 5. The average molecular weight is 375 g/mol. The summed E-state index contributed by atoms with van der Waals surface area (Å²) in [6.45, 7) is 0.431. The molecule has 1 aliphatic rings. The first-order chi connectivity index (χ1) is 12.4. The first kappa shape index (κ1) is 18.4. The molecule has 2 aromatic rings. The molecule has 2 aromatic carbocycles. The molecule has 3 rings (SSSR count). The third-order valence-electron chi connectivity index (χ3n) is 4.22. The Morgan fingerprint density at radius 2 is 1.96 bits per heavy atom. The lowest BCUT2D eigenvalue weighted by Crippen LogP contribution is -2.36. The quantitative estimate of drug-likeness (QED) is 0.833. The highest BCUT2D eigenvalue weighted by molar-refractivity contribution is 7.90. The molecule has 0 aromatic heterocycles. The molecule has 0 spiro atoms. The van der Waals surface area contributed by atoms with Crippen LogP contribution in [0, 0.1) is 0 Å². The van der Waals surface area contributed by atoms with Gasteiger partial charge < -0.3 is 14.8 Å². The second-order valence-electron chi connectivity index (χ2n) is 6.27. The number of methoxy groups -OCH3 is 1. The van der Waals surface area contributed by atoms with Gasteiger partial charge in [-0.1, -0.05) is 30.3 Å². The summed E-state index contributed by atoms with van der Waals surface area (Å²) < 4.78 is 34.1. The van der Waals surface area contributed by atoms with E-state index in [2.05, 4.69) is 5.32 Å². The van der Waals surface area contributed by atoms with Crippen LogP contribution in [0.2, 0.25) is 0 Å². The topological polar surface area (TPSA) is 81.7 Å². The Labute approximate surface area is 153 Å². The van der Waals surface area contributed by atoms with Crippen molar-refractivity contribution in [1.29, 1.82) is 0 Å². The van der Waals surface area contributed by atoms with Crippen molar-refractivity contribution >= 4 is 15.7 Å². The summed E-state index contributed by atoms with van der Waals surface area (Å²) in [6.07, 6.45) is 1.76. The standard InChI is InChI=1S/C19H21NO5S/c1-24-12-18(21)20-11-15-10-14-4-3-5-17(19(14)25-15)13-6-8-16(9-7-13)26(2,22)23/h3-9,15H,10-12H2,1-2H3,(H,20,21)/t15-/m1/s1. The Hall–Kier alpha value is -2.38. The maximum atomic E-state index is 11.6. The van der Waals surface area contributed by atoms with E-state index in [0.717, 1.165) is 22.4 Å². The van der Waals surface area contributed by atoms with E-state index in [-0.39, 0.29) is 23.5 Å². The van der Waals surface area contributed by atoms with Crippen molar-refractivity contribution in [3.63, 3.8) is 0 Å². The Balaban J connectivity index is 1.77. The van der Waals surface area contributed by atoms with E-state index >= 15 is 0 Å². The first-order valence-electron chi connectivity index (χ1n) is 8.23. The van der Waals surface area contributed by atoms with Crippen LogP contribution in [0.3, 0.4) is 0 Å². The fourth-order valence-corrected chi connectivity index (χ4v) is 3.60. The van der Waals surface area contributed by atoms with Gasteiger partial charge in [0.25, 0.3) is 0 Å². The van der Waals surface area contributed by atoms with Crippen LogP contribution in [0.1, 0.15) is 5.56 Å². The van der Waals surface area contributed by atoms with Crippen LogP contribution < -0.4 is 10.1 Å². The van der Waals surface area contributed by atoms with Crippen molar-refractivity contribution in [2.75, 3.05) is 26.5 Å². The van der Waals surface area contributed by atoms with E-state index in [9.17, 15) is 13.2 Å². The molecule has 1 N–H and O–H groups in total. The summed E-state index contributed by atoms with van der Waals surface area (Å²) in [4.78, 5) is 11.8. The number of fused-ring (bicyclic) bond motifs is 1. The van der Waals surface area contributed by atoms with Crippen molar-refractivity contribution in [3.8, 4) is 16.9 Å². The molecule has 0 aliphatic carbocycles. The van der Waals surface area contributed by atoms with E-state index in [1.165, 1.54) is 13.4 Å². The van der Waals surface area contributed by atoms with Crippen LogP contribution >= 0.6 is 0 Å². The minimum Gasteiger partial charge on any atom is -0.487 e. The number of benzene rings is 2. The van der Waals surface area contributed by atoms with Gasteiger partial charge in [-0.2, -0.15) is 0 Å². The molecule has 26 heavy (non-hydrogen) atoms. The Kier molecular flexibility index (Phi) is 5.29. The second-order valence-corrected chi connectivity index (χ2v) is 8.29. The lowest BCUT2D eigenvalue weighted by molar-refractivity contribution is -0.125. The summed E-state index contributed by atoms with van der Waals surface area (Å²) in [7, 11) is -1.75. The zero-order valence-electron chi connectivity index (χ0n) is 14.7. The van der Waals surface area contributed by atoms with Crippen molar-refractivity contribution < 1.29 is 22.7 Å². The van der Waals surface area contributed by atoms with Gasteiger partial charge in [-0.25, -0.2) is 8.42 Å². The number of carbonyl (C=O) groups is 1. The Morgan fingerprint density at radius 1 is 1.23 bits per heavy atom. The smallest absolute Gasteiger partial charge is 0.246 e. The molecule has 1 heterocycles. The maximum Gasteiger partial charge on any atom is 0.246 e. The summed E-state index contributed by atoms with van der Waals surface area (Å²) in [5.74, 6) is 0.606. The minimum absolute atomic E-state index is 0.0254. The van der Waals surface area contributed by atoms with E-state index in [0.29, 0.717) is 13.0 Å². The summed E-state index contributed by atoms with van der Waals surface area (Å²) in [6, 6.07) is 12.7. The SMILES string of the molecule is COCC(=O)NC[C@H]1Cc2cccc(-c3ccc(S(C)(=O)=O)cc3)c2O1. The third kappa shape index (κ3) is 4.05. The van der Waals surface area contributed by atoms with Crippen LogP contribution in [0.5, 0.6) is 5.75 Å². The number of carbonyl (C=O) groups excluding carboxylic acids is 1. The first-order valence-corrected chi connectivity index (χ1v) is 10.1. The predicted octanol–water partition coefficient (Wildman–Crippen LogP) is 1.82. The number of amides is 1. The molecule has 0 unspecified atom stereocenters. The van der Waals surface area contributed by atoms with Crippen molar-refractivity contribution in [1.82, 2.24) is 5.32 Å². The number of hydrogen-bond donors (Lipinski definition) is 1. The van der Waals surface area contributed by atoms with Crippen LogP contribution in [-0.2, 0) is 25.8 Å². The number of ether oxygens (including phenoxy) is 2. The van der Waals surface area contributed by atoms with Crippen LogP contribution in [0.25, 0.3) is 11.1 Å². The zero-order chi connectivity index (χ0) is 18.7. The van der Waals surface area contributed by atoms with Gasteiger partial charge >= 0.3 is 0 Å². The van der Waals surface area contributed by atoms with Gasteiger partial charge in [0, 0.05) is 25.3 Å². The molecule has 7 heteroatoms. The predicted molar refractivity (Wildman–Crippen MR) is 98.0 cm³/mol. The molecule has 138 valence electrons. The van der Waals surface area contributed by atoms with Gasteiger partial charge in [-0.3, -0.25) is 4.79 Å². The molecular weight excluding hydrogens is 354 g/mol. The third-order valence-corrected chi connectivity index (χ3v) is 5.35. The van der Waals surface area contributed by atoms with E-state index in [1.807, 2.05) is 18.2 Å². The van der Waals surface area contributed by atoms with Crippen LogP contribution in [0.4, 0.5) is 0 Å². The van der Waals surface area contributed by atoms with E-state index in [4.69, 9.17) is 9.47 Å². The number of rotatable bonds is 6. The minimum atomic E-state index is -3.22. The molecule has 6 nitrogen and oxygen atoms in total. The summed E-state index contributed by atoms with van der Waals surface area (Å²) in [5.41, 5.74) is 2.87. The van der Waals surface area contributed by atoms with Crippen LogP contribution in [-0.4, -0.2) is 46.9 Å². The lowest BCUT2D eigenvalue weighted by atomic mass is 10.0. The Morgan fingerprint density at radius 3 is 2.62 bits per heavy atom. The van der Waals surface area contributed by atoms with Crippen molar-refractivity contribution in [2.24, 2.45) is 0 Å². The highest BCUT2D eigenvalue weighted by atomic mass is 32.2. The van der Waals surface area contributed by atoms with Crippen molar-refractivity contribution in [3.05, 3.63) is 48.0 Å². The highest BCUT2D eigenvalue weighted by Crippen LogP contribution is 2.38. The molecule has 0 fully saturated rings.